The lowest BCUT2D eigenvalue weighted by Crippen LogP contribution is -2.39. The first kappa shape index (κ1) is 18.5. The minimum atomic E-state index is -0.526. The van der Waals surface area contributed by atoms with E-state index < -0.39 is 12.2 Å². The van der Waals surface area contributed by atoms with Crippen molar-refractivity contribution in [3.63, 3.8) is 0 Å². The number of aliphatic hydroxyl groups excluding tert-OH is 1. The molecule has 1 aliphatic rings. The molecule has 2 rings (SSSR count). The lowest BCUT2D eigenvalue weighted by molar-refractivity contribution is 0.115. The summed E-state index contributed by atoms with van der Waals surface area (Å²) >= 11 is 2.07. The zero-order valence-electron chi connectivity index (χ0n) is 13.4. The van der Waals surface area contributed by atoms with E-state index in [2.05, 4.69) is 27.9 Å². The Hall–Kier alpha value is -0.820. The summed E-state index contributed by atoms with van der Waals surface area (Å²) in [5.41, 5.74) is 0.950. The van der Waals surface area contributed by atoms with Crippen molar-refractivity contribution in [2.24, 2.45) is 5.92 Å². The summed E-state index contributed by atoms with van der Waals surface area (Å²) in [6.07, 6.45) is 7.32. The van der Waals surface area contributed by atoms with E-state index in [4.69, 9.17) is 4.74 Å². The highest BCUT2D eigenvalue weighted by atomic mass is 127. The number of carbonyl (C=O) groups excluding carboxylic acids is 1. The van der Waals surface area contributed by atoms with E-state index in [0.29, 0.717) is 0 Å². The molecule has 1 aliphatic carbocycles. The predicted octanol–water partition coefficient (Wildman–Crippen LogP) is 4.40. The minimum Gasteiger partial charge on any atom is -0.445 e. The Morgan fingerprint density at radius 2 is 1.96 bits per heavy atom. The van der Waals surface area contributed by atoms with Gasteiger partial charge in [0, 0.05) is 0 Å². The molecule has 0 heterocycles. The van der Waals surface area contributed by atoms with Crippen LogP contribution >= 0.6 is 22.6 Å². The lowest BCUT2D eigenvalue weighted by atomic mass is 9.85. The summed E-state index contributed by atoms with van der Waals surface area (Å²) in [7, 11) is 0. The van der Waals surface area contributed by atoms with Crippen LogP contribution in [0.25, 0.3) is 0 Å². The number of rotatable bonds is 7. The highest BCUT2D eigenvalue weighted by molar-refractivity contribution is 14.1. The van der Waals surface area contributed by atoms with Gasteiger partial charge in [-0.2, -0.15) is 0 Å². The number of halogens is 1. The molecule has 1 amide bonds. The van der Waals surface area contributed by atoms with E-state index in [1.807, 2.05) is 30.3 Å². The summed E-state index contributed by atoms with van der Waals surface area (Å²) in [6.45, 7) is 0.244. The molecular formula is C18H26INO3. The quantitative estimate of drug-likeness (QED) is 0.383. The van der Waals surface area contributed by atoms with E-state index in [9.17, 15) is 9.90 Å². The van der Waals surface area contributed by atoms with Gasteiger partial charge in [0.25, 0.3) is 0 Å². The Kier molecular flexibility index (Phi) is 8.16. The number of aliphatic hydroxyl groups is 1. The first-order valence-corrected chi connectivity index (χ1v) is 9.69. The standard InChI is InChI=1S/C18H26INO3/c19-17(16(21)12-11-14-7-3-1-4-8-14)20-18(22)23-13-15-9-5-2-6-10-15/h2,5-6,9-10,14,16-17,21H,1,3-4,7-8,11-13H2,(H,20,22)/t16?,17-/m1/s1. The van der Waals surface area contributed by atoms with Gasteiger partial charge in [0.1, 0.15) is 10.7 Å². The fraction of sp³-hybridized carbons (Fsp3) is 0.611. The minimum absolute atomic E-state index is 0.244. The molecule has 1 saturated carbocycles. The summed E-state index contributed by atoms with van der Waals surface area (Å²) in [5.74, 6) is 0.743. The largest absolute Gasteiger partial charge is 0.445 e. The van der Waals surface area contributed by atoms with Gasteiger partial charge in [-0.15, -0.1) is 0 Å². The second-order valence-corrected chi connectivity index (χ2v) is 7.60. The summed E-state index contributed by atoms with van der Waals surface area (Å²) in [4.78, 5) is 11.8. The Balaban J connectivity index is 1.63. The number of carbonyl (C=O) groups is 1. The molecule has 0 aliphatic heterocycles. The molecule has 23 heavy (non-hydrogen) atoms. The third-order valence-corrected chi connectivity index (χ3v) is 5.54. The Morgan fingerprint density at radius 1 is 1.26 bits per heavy atom. The number of nitrogens with one attached hydrogen (secondary N) is 1. The number of alkyl halides is 1. The zero-order chi connectivity index (χ0) is 16.5. The monoisotopic (exact) mass is 431 g/mol. The molecule has 1 unspecified atom stereocenters. The molecular weight excluding hydrogens is 405 g/mol. The van der Waals surface area contributed by atoms with Gasteiger partial charge in [-0.1, -0.05) is 85.0 Å². The van der Waals surface area contributed by atoms with Crippen molar-refractivity contribution < 1.29 is 14.6 Å². The van der Waals surface area contributed by atoms with Crippen LogP contribution in [0.5, 0.6) is 0 Å². The zero-order valence-corrected chi connectivity index (χ0v) is 15.6. The second kappa shape index (κ2) is 10.1. The number of ether oxygens (including phenoxy) is 1. The number of hydrogen-bond acceptors (Lipinski definition) is 3. The van der Waals surface area contributed by atoms with Crippen LogP contribution in [0.4, 0.5) is 4.79 Å². The third kappa shape index (κ3) is 7.08. The highest BCUT2D eigenvalue weighted by Gasteiger charge is 2.21. The van der Waals surface area contributed by atoms with Crippen molar-refractivity contribution in [1.29, 1.82) is 0 Å². The molecule has 4 nitrogen and oxygen atoms in total. The Morgan fingerprint density at radius 3 is 2.65 bits per heavy atom. The van der Waals surface area contributed by atoms with Gasteiger partial charge >= 0.3 is 6.09 Å². The average Bonchev–Trinajstić information content (AvgIpc) is 2.59. The molecule has 0 aromatic heterocycles. The topological polar surface area (TPSA) is 58.6 Å². The summed E-state index contributed by atoms with van der Waals surface area (Å²) < 4.78 is 4.86. The van der Waals surface area contributed by atoms with Gasteiger partial charge in [-0.05, 0) is 24.3 Å². The number of amides is 1. The van der Waals surface area contributed by atoms with Gasteiger partial charge in [0.2, 0.25) is 0 Å². The van der Waals surface area contributed by atoms with Crippen LogP contribution in [0.15, 0.2) is 30.3 Å². The van der Waals surface area contributed by atoms with Crippen molar-refractivity contribution in [2.45, 2.75) is 61.7 Å². The van der Waals surface area contributed by atoms with Crippen LogP contribution in [-0.2, 0) is 11.3 Å². The van der Waals surface area contributed by atoms with Gasteiger partial charge in [-0.25, -0.2) is 4.79 Å². The van der Waals surface area contributed by atoms with Gasteiger partial charge in [-0.3, -0.25) is 0 Å². The number of alkyl carbamates (subject to hydrolysis) is 1. The van der Waals surface area contributed by atoms with Crippen molar-refractivity contribution in [2.75, 3.05) is 0 Å². The number of hydrogen-bond donors (Lipinski definition) is 2. The predicted molar refractivity (Wildman–Crippen MR) is 99.4 cm³/mol. The molecule has 1 aromatic carbocycles. The Labute approximate surface area is 152 Å². The van der Waals surface area contributed by atoms with Crippen LogP contribution < -0.4 is 5.32 Å². The van der Waals surface area contributed by atoms with E-state index in [1.165, 1.54) is 32.1 Å². The van der Waals surface area contributed by atoms with Crippen molar-refractivity contribution in [3.8, 4) is 0 Å². The van der Waals surface area contributed by atoms with E-state index in [-0.39, 0.29) is 10.7 Å². The maximum atomic E-state index is 11.8. The molecule has 0 bridgehead atoms. The summed E-state index contributed by atoms with van der Waals surface area (Å²) in [6, 6.07) is 9.56. The summed E-state index contributed by atoms with van der Waals surface area (Å²) in [5, 5.41) is 12.9. The van der Waals surface area contributed by atoms with Crippen LogP contribution in [-0.4, -0.2) is 21.4 Å². The van der Waals surface area contributed by atoms with E-state index >= 15 is 0 Å². The van der Waals surface area contributed by atoms with Crippen LogP contribution in [0.3, 0.4) is 0 Å². The van der Waals surface area contributed by atoms with Crippen LogP contribution in [0.2, 0.25) is 0 Å². The Bertz CT molecular complexity index is 463. The van der Waals surface area contributed by atoms with E-state index in [1.54, 1.807) is 0 Å². The number of benzene rings is 1. The van der Waals surface area contributed by atoms with Gasteiger partial charge < -0.3 is 15.2 Å². The molecule has 2 N–H and O–H groups in total. The van der Waals surface area contributed by atoms with Crippen LogP contribution in [0.1, 0.15) is 50.5 Å². The van der Waals surface area contributed by atoms with Crippen molar-refractivity contribution >= 4 is 28.7 Å². The normalized spacial score (nSPS) is 18.2. The smallest absolute Gasteiger partial charge is 0.408 e. The molecule has 0 spiro atoms. The van der Waals surface area contributed by atoms with Crippen LogP contribution in [0, 0.1) is 5.92 Å². The molecule has 0 radical (unpaired) electrons. The van der Waals surface area contributed by atoms with Gasteiger partial charge in [0.15, 0.2) is 0 Å². The molecule has 128 valence electrons. The fourth-order valence-corrected chi connectivity index (χ4v) is 3.62. The highest BCUT2D eigenvalue weighted by Crippen LogP contribution is 2.28. The maximum Gasteiger partial charge on any atom is 0.408 e. The molecule has 5 heteroatoms. The van der Waals surface area contributed by atoms with E-state index in [0.717, 1.165) is 24.3 Å². The lowest BCUT2D eigenvalue weighted by Gasteiger charge is -2.24. The molecule has 2 atom stereocenters. The fourth-order valence-electron chi connectivity index (χ4n) is 3.00. The first-order valence-electron chi connectivity index (χ1n) is 8.44. The second-order valence-electron chi connectivity index (χ2n) is 6.26. The third-order valence-electron chi connectivity index (χ3n) is 4.40. The van der Waals surface area contributed by atoms with Crippen molar-refractivity contribution in [3.05, 3.63) is 35.9 Å². The average molecular weight is 431 g/mol. The molecule has 1 aromatic rings. The molecule has 0 saturated heterocycles. The SMILES string of the molecule is O=C(N[C@@H](I)C(O)CCC1CCCCC1)OCc1ccccc1. The van der Waals surface area contributed by atoms with Crippen molar-refractivity contribution in [1.82, 2.24) is 5.32 Å². The maximum absolute atomic E-state index is 11.8. The first-order chi connectivity index (χ1) is 11.1. The molecule has 1 fully saturated rings. The van der Waals surface area contributed by atoms with Gasteiger partial charge in [0.05, 0.1) is 6.10 Å².